The van der Waals surface area contributed by atoms with Gasteiger partial charge in [-0.25, -0.2) is 4.98 Å². The van der Waals surface area contributed by atoms with Gasteiger partial charge in [-0.1, -0.05) is 6.92 Å². The molecule has 1 aromatic rings. The molecule has 4 heteroatoms. The second-order valence-corrected chi connectivity index (χ2v) is 4.44. The summed E-state index contributed by atoms with van der Waals surface area (Å²) in [6.07, 6.45) is -0.154. The maximum absolute atomic E-state index is 9.54. The molecule has 0 radical (unpaired) electrons. The summed E-state index contributed by atoms with van der Waals surface area (Å²) in [5.41, 5.74) is 2.97. The van der Waals surface area contributed by atoms with Crippen molar-refractivity contribution in [3.8, 4) is 0 Å². The lowest BCUT2D eigenvalue weighted by atomic mass is 10.1. The molecule has 2 unspecified atom stereocenters. The Bertz CT molecular complexity index is 253. The van der Waals surface area contributed by atoms with Gasteiger partial charge < -0.3 is 5.11 Å². The lowest BCUT2D eigenvalue weighted by Gasteiger charge is -2.12. The van der Waals surface area contributed by atoms with Gasteiger partial charge in [-0.2, -0.15) is 0 Å². The van der Waals surface area contributed by atoms with E-state index >= 15 is 0 Å². The van der Waals surface area contributed by atoms with E-state index < -0.39 is 0 Å². The number of nitrogens with zero attached hydrogens (tertiary/aromatic N) is 2. The molecule has 72 valence electrons. The van der Waals surface area contributed by atoms with Gasteiger partial charge in [0, 0.05) is 25.0 Å². The Morgan fingerprint density at radius 3 is 3.08 bits per heavy atom. The minimum atomic E-state index is -0.154. The smallest absolute Gasteiger partial charge is 0.0795 e. The first kappa shape index (κ1) is 9.12. The van der Waals surface area contributed by atoms with E-state index in [1.807, 2.05) is 5.51 Å². The third-order valence-electron chi connectivity index (χ3n) is 2.52. The first-order chi connectivity index (χ1) is 6.25. The van der Waals surface area contributed by atoms with Crippen molar-refractivity contribution in [3.63, 3.8) is 0 Å². The molecule has 0 aliphatic carbocycles. The number of likely N-dealkylation sites (tertiary alicyclic amines) is 1. The zero-order valence-corrected chi connectivity index (χ0v) is 8.50. The summed E-state index contributed by atoms with van der Waals surface area (Å²) < 4.78 is 0. The summed E-state index contributed by atoms with van der Waals surface area (Å²) in [7, 11) is 0. The Morgan fingerprint density at radius 2 is 2.54 bits per heavy atom. The van der Waals surface area contributed by atoms with E-state index in [0.717, 1.165) is 25.3 Å². The molecule has 0 spiro atoms. The van der Waals surface area contributed by atoms with Gasteiger partial charge in [-0.05, 0) is 5.92 Å². The quantitative estimate of drug-likeness (QED) is 0.769. The number of aromatic nitrogens is 1. The Labute approximate surface area is 82.0 Å². The van der Waals surface area contributed by atoms with E-state index in [2.05, 4.69) is 22.2 Å². The second-order valence-electron chi connectivity index (χ2n) is 3.72. The molecule has 2 atom stereocenters. The van der Waals surface area contributed by atoms with Crippen LogP contribution in [0.1, 0.15) is 12.6 Å². The van der Waals surface area contributed by atoms with Crippen LogP contribution >= 0.6 is 11.3 Å². The molecule has 0 bridgehead atoms. The van der Waals surface area contributed by atoms with Gasteiger partial charge in [0.05, 0.1) is 17.3 Å². The van der Waals surface area contributed by atoms with Gasteiger partial charge in [0.1, 0.15) is 0 Å². The summed E-state index contributed by atoms with van der Waals surface area (Å²) in [6, 6.07) is 0. The number of thiazole rings is 1. The number of hydrogen-bond acceptors (Lipinski definition) is 4. The van der Waals surface area contributed by atoms with Crippen molar-refractivity contribution in [2.75, 3.05) is 13.1 Å². The lowest BCUT2D eigenvalue weighted by Crippen LogP contribution is -2.21. The van der Waals surface area contributed by atoms with Gasteiger partial charge in [-0.3, -0.25) is 4.90 Å². The molecular weight excluding hydrogens is 184 g/mol. The van der Waals surface area contributed by atoms with Crippen LogP contribution in [0.3, 0.4) is 0 Å². The van der Waals surface area contributed by atoms with Crippen molar-refractivity contribution in [2.45, 2.75) is 19.6 Å². The summed E-state index contributed by atoms with van der Waals surface area (Å²) in [6.45, 7) is 4.74. The molecule has 0 saturated carbocycles. The van der Waals surface area contributed by atoms with Crippen molar-refractivity contribution in [3.05, 3.63) is 16.6 Å². The molecule has 2 rings (SSSR count). The highest BCUT2D eigenvalue weighted by molar-refractivity contribution is 7.07. The summed E-state index contributed by atoms with van der Waals surface area (Å²) in [5, 5.41) is 11.6. The molecule has 1 aromatic heterocycles. The molecule has 0 amide bonds. The number of aliphatic hydroxyl groups is 1. The van der Waals surface area contributed by atoms with Crippen molar-refractivity contribution < 1.29 is 5.11 Å². The minimum Gasteiger partial charge on any atom is -0.391 e. The van der Waals surface area contributed by atoms with Gasteiger partial charge >= 0.3 is 0 Å². The highest BCUT2D eigenvalue weighted by Crippen LogP contribution is 2.18. The molecule has 0 aromatic carbocycles. The second kappa shape index (κ2) is 3.74. The van der Waals surface area contributed by atoms with E-state index in [1.54, 1.807) is 11.3 Å². The number of rotatable bonds is 2. The normalized spacial score (nSPS) is 29.7. The SMILES string of the molecule is CC1CN(Cc2cscn2)CC1O. The molecule has 1 aliphatic heterocycles. The molecular formula is C9H14N2OS. The maximum Gasteiger partial charge on any atom is 0.0795 e. The Balaban J connectivity index is 1.91. The van der Waals surface area contributed by atoms with Gasteiger partial charge in [0.2, 0.25) is 0 Å². The fraction of sp³-hybridized carbons (Fsp3) is 0.667. The minimum absolute atomic E-state index is 0.154. The van der Waals surface area contributed by atoms with Gasteiger partial charge in [0.15, 0.2) is 0 Å². The van der Waals surface area contributed by atoms with E-state index in [-0.39, 0.29) is 6.10 Å². The van der Waals surface area contributed by atoms with Crippen molar-refractivity contribution in [2.24, 2.45) is 5.92 Å². The van der Waals surface area contributed by atoms with Crippen LogP contribution in [0.25, 0.3) is 0 Å². The molecule has 1 aliphatic rings. The Hall–Kier alpha value is -0.450. The largest absolute Gasteiger partial charge is 0.391 e. The van der Waals surface area contributed by atoms with Crippen LogP contribution < -0.4 is 0 Å². The third kappa shape index (κ3) is 2.07. The maximum atomic E-state index is 9.54. The highest BCUT2D eigenvalue weighted by Gasteiger charge is 2.27. The van der Waals surface area contributed by atoms with Crippen LogP contribution in [-0.4, -0.2) is 34.2 Å². The van der Waals surface area contributed by atoms with E-state index in [9.17, 15) is 5.11 Å². The zero-order chi connectivity index (χ0) is 9.26. The van der Waals surface area contributed by atoms with Crippen LogP contribution in [0, 0.1) is 5.92 Å². The summed E-state index contributed by atoms with van der Waals surface area (Å²) in [4.78, 5) is 6.48. The van der Waals surface area contributed by atoms with Crippen LogP contribution in [-0.2, 0) is 6.54 Å². The Morgan fingerprint density at radius 1 is 1.69 bits per heavy atom. The number of β-amino-alcohol motifs (C(OH)–C–C–N with tert-alkyl or cyclic N) is 1. The fourth-order valence-corrected chi connectivity index (χ4v) is 2.27. The van der Waals surface area contributed by atoms with Crippen molar-refractivity contribution in [1.29, 1.82) is 0 Å². The number of aliphatic hydroxyl groups excluding tert-OH is 1. The van der Waals surface area contributed by atoms with Crippen LogP contribution in [0.2, 0.25) is 0 Å². The van der Waals surface area contributed by atoms with Crippen LogP contribution in [0.4, 0.5) is 0 Å². The fourth-order valence-electron chi connectivity index (χ4n) is 1.72. The van der Waals surface area contributed by atoms with E-state index in [1.165, 1.54) is 0 Å². The van der Waals surface area contributed by atoms with Gasteiger partial charge in [-0.15, -0.1) is 11.3 Å². The monoisotopic (exact) mass is 198 g/mol. The van der Waals surface area contributed by atoms with E-state index in [0.29, 0.717) is 5.92 Å². The highest BCUT2D eigenvalue weighted by atomic mass is 32.1. The average Bonchev–Trinajstić information content (AvgIpc) is 2.64. The van der Waals surface area contributed by atoms with Crippen LogP contribution in [0.5, 0.6) is 0 Å². The predicted octanol–water partition coefficient (Wildman–Crippen LogP) is 0.956. The molecule has 1 saturated heterocycles. The predicted molar refractivity (Wildman–Crippen MR) is 52.6 cm³/mol. The molecule has 2 heterocycles. The Kier molecular flexibility index (Phi) is 2.62. The topological polar surface area (TPSA) is 36.4 Å². The standard InChI is InChI=1S/C9H14N2OS/c1-7-2-11(4-9(7)12)3-8-5-13-6-10-8/h5-7,9,12H,2-4H2,1H3. The molecule has 3 nitrogen and oxygen atoms in total. The zero-order valence-electron chi connectivity index (χ0n) is 7.68. The van der Waals surface area contributed by atoms with Crippen molar-refractivity contribution in [1.82, 2.24) is 9.88 Å². The average molecular weight is 198 g/mol. The molecule has 13 heavy (non-hydrogen) atoms. The summed E-state index contributed by atoms with van der Waals surface area (Å²) in [5.74, 6) is 0.402. The molecule has 1 fully saturated rings. The third-order valence-corrected chi connectivity index (χ3v) is 3.15. The summed E-state index contributed by atoms with van der Waals surface area (Å²) >= 11 is 1.62. The van der Waals surface area contributed by atoms with Crippen LogP contribution in [0.15, 0.2) is 10.9 Å². The van der Waals surface area contributed by atoms with E-state index in [4.69, 9.17) is 0 Å². The lowest BCUT2D eigenvalue weighted by molar-refractivity contribution is 0.147. The van der Waals surface area contributed by atoms with Crippen molar-refractivity contribution >= 4 is 11.3 Å². The first-order valence-corrected chi connectivity index (χ1v) is 5.47. The number of hydrogen-bond donors (Lipinski definition) is 1. The molecule has 1 N–H and O–H groups in total. The van der Waals surface area contributed by atoms with Gasteiger partial charge in [0.25, 0.3) is 0 Å². The first-order valence-electron chi connectivity index (χ1n) is 4.53.